The minimum atomic E-state index is -1.03. The van der Waals surface area contributed by atoms with Gasteiger partial charge in [0.2, 0.25) is 5.91 Å². The topological polar surface area (TPSA) is 95.5 Å². The number of aromatic carboxylic acids is 1. The number of hydrogen-bond acceptors (Lipinski definition) is 3. The van der Waals surface area contributed by atoms with E-state index >= 15 is 0 Å². The summed E-state index contributed by atoms with van der Waals surface area (Å²) in [5.74, 6) is -1.50. The fourth-order valence-corrected chi connectivity index (χ4v) is 2.71. The van der Waals surface area contributed by atoms with Gasteiger partial charge >= 0.3 is 5.97 Å². The molecule has 0 saturated heterocycles. The van der Waals surface area contributed by atoms with Crippen molar-refractivity contribution in [3.05, 3.63) is 63.7 Å². The van der Waals surface area contributed by atoms with Crippen LogP contribution in [0.25, 0.3) is 0 Å². The van der Waals surface area contributed by atoms with Crippen LogP contribution in [0.5, 0.6) is 0 Å². The highest BCUT2D eigenvalue weighted by Crippen LogP contribution is 2.21. The van der Waals surface area contributed by atoms with E-state index < -0.39 is 5.97 Å². The van der Waals surface area contributed by atoms with Crippen LogP contribution in [0.1, 0.15) is 44.7 Å². The molecular weight excluding hydrogens is 368 g/mol. The van der Waals surface area contributed by atoms with Crippen LogP contribution in [0.15, 0.2) is 36.4 Å². The number of halogens is 1. The van der Waals surface area contributed by atoms with Gasteiger partial charge in [0.05, 0.1) is 5.56 Å². The van der Waals surface area contributed by atoms with E-state index in [0.717, 1.165) is 5.56 Å². The molecule has 142 valence electrons. The van der Waals surface area contributed by atoms with E-state index in [1.807, 2.05) is 0 Å². The van der Waals surface area contributed by atoms with E-state index in [4.69, 9.17) is 11.6 Å². The normalized spacial score (nSPS) is 10.3. The van der Waals surface area contributed by atoms with Crippen molar-refractivity contribution in [1.29, 1.82) is 0 Å². The third-order valence-electron chi connectivity index (χ3n) is 4.05. The highest BCUT2D eigenvalue weighted by molar-refractivity contribution is 6.30. The predicted molar refractivity (Wildman–Crippen MR) is 105 cm³/mol. The van der Waals surface area contributed by atoms with Crippen LogP contribution in [0.3, 0.4) is 0 Å². The van der Waals surface area contributed by atoms with E-state index in [0.29, 0.717) is 34.8 Å². The molecule has 0 aliphatic carbocycles. The first kappa shape index (κ1) is 20.5. The molecular formula is C20H21ClN2O4. The van der Waals surface area contributed by atoms with Crippen molar-refractivity contribution in [2.24, 2.45) is 0 Å². The van der Waals surface area contributed by atoms with Gasteiger partial charge in [-0.25, -0.2) is 4.79 Å². The van der Waals surface area contributed by atoms with Gasteiger partial charge in [-0.15, -0.1) is 0 Å². The highest BCUT2D eigenvalue weighted by Gasteiger charge is 2.12. The first-order valence-electron chi connectivity index (χ1n) is 8.46. The Morgan fingerprint density at radius 2 is 1.70 bits per heavy atom. The molecule has 2 aromatic rings. The van der Waals surface area contributed by atoms with Gasteiger partial charge < -0.3 is 15.7 Å². The first-order valence-corrected chi connectivity index (χ1v) is 8.84. The van der Waals surface area contributed by atoms with E-state index in [1.54, 1.807) is 44.2 Å². The molecule has 0 radical (unpaired) electrons. The van der Waals surface area contributed by atoms with Gasteiger partial charge in [0.15, 0.2) is 0 Å². The van der Waals surface area contributed by atoms with Crippen molar-refractivity contribution < 1.29 is 19.5 Å². The molecule has 27 heavy (non-hydrogen) atoms. The maximum Gasteiger partial charge on any atom is 0.336 e. The molecule has 0 spiro atoms. The summed E-state index contributed by atoms with van der Waals surface area (Å²) < 4.78 is 0. The largest absolute Gasteiger partial charge is 0.478 e. The van der Waals surface area contributed by atoms with Gasteiger partial charge in [-0.05, 0) is 61.7 Å². The third kappa shape index (κ3) is 5.82. The Morgan fingerprint density at radius 1 is 1.04 bits per heavy atom. The Balaban J connectivity index is 1.83. The van der Waals surface area contributed by atoms with E-state index in [1.165, 1.54) is 6.07 Å². The summed E-state index contributed by atoms with van der Waals surface area (Å²) in [4.78, 5) is 35.3. The summed E-state index contributed by atoms with van der Waals surface area (Å²) in [5, 5.41) is 15.2. The van der Waals surface area contributed by atoms with Crippen molar-refractivity contribution in [2.75, 3.05) is 11.9 Å². The van der Waals surface area contributed by atoms with Crippen LogP contribution < -0.4 is 10.6 Å². The van der Waals surface area contributed by atoms with Gasteiger partial charge in [0, 0.05) is 29.2 Å². The number of anilines is 1. The number of hydrogen-bond donors (Lipinski definition) is 3. The van der Waals surface area contributed by atoms with Crippen molar-refractivity contribution in [2.45, 2.75) is 26.7 Å². The molecule has 0 unspecified atom stereocenters. The van der Waals surface area contributed by atoms with Gasteiger partial charge in [-0.2, -0.15) is 0 Å². The van der Waals surface area contributed by atoms with Crippen molar-refractivity contribution in [3.63, 3.8) is 0 Å². The Bertz CT molecular complexity index is 863. The maximum atomic E-state index is 12.1. The Morgan fingerprint density at radius 3 is 2.33 bits per heavy atom. The SMILES string of the molecule is Cc1cc(C)c(C(=O)O)cc1NC(=O)CCCNC(=O)c1ccc(Cl)cc1. The number of carboxylic acids is 1. The van der Waals surface area contributed by atoms with E-state index in [-0.39, 0.29) is 23.8 Å². The van der Waals surface area contributed by atoms with Crippen LogP contribution in [-0.2, 0) is 4.79 Å². The second kappa shape index (κ2) is 9.19. The zero-order valence-corrected chi connectivity index (χ0v) is 15.9. The van der Waals surface area contributed by atoms with Crippen LogP contribution in [0.4, 0.5) is 5.69 Å². The summed E-state index contributed by atoms with van der Waals surface area (Å²) >= 11 is 5.78. The number of carbonyl (C=O) groups is 3. The molecule has 0 aromatic heterocycles. The fraction of sp³-hybridized carbons (Fsp3) is 0.250. The number of carboxylic acid groups (broad SMARTS) is 1. The minimum absolute atomic E-state index is 0.158. The summed E-state index contributed by atoms with van der Waals surface area (Å²) in [6, 6.07) is 9.73. The number of nitrogens with one attached hydrogen (secondary N) is 2. The fourth-order valence-electron chi connectivity index (χ4n) is 2.58. The minimum Gasteiger partial charge on any atom is -0.478 e. The average Bonchev–Trinajstić information content (AvgIpc) is 2.61. The van der Waals surface area contributed by atoms with Crippen molar-refractivity contribution >= 4 is 35.1 Å². The molecule has 0 saturated carbocycles. The van der Waals surface area contributed by atoms with Crippen LogP contribution in [0.2, 0.25) is 5.02 Å². The van der Waals surface area contributed by atoms with Crippen molar-refractivity contribution in [3.8, 4) is 0 Å². The monoisotopic (exact) mass is 388 g/mol. The van der Waals surface area contributed by atoms with Gasteiger partial charge in [0.25, 0.3) is 5.91 Å². The van der Waals surface area contributed by atoms with Crippen LogP contribution in [-0.4, -0.2) is 29.4 Å². The van der Waals surface area contributed by atoms with Crippen LogP contribution >= 0.6 is 11.6 Å². The zero-order valence-electron chi connectivity index (χ0n) is 15.1. The molecule has 0 aliphatic rings. The lowest BCUT2D eigenvalue weighted by molar-refractivity contribution is -0.116. The van der Waals surface area contributed by atoms with Gasteiger partial charge in [-0.1, -0.05) is 17.7 Å². The van der Waals surface area contributed by atoms with Gasteiger partial charge in [0.1, 0.15) is 0 Å². The molecule has 0 fully saturated rings. The lowest BCUT2D eigenvalue weighted by Crippen LogP contribution is -2.25. The Labute approximate surface area is 162 Å². The summed E-state index contributed by atoms with van der Waals surface area (Å²) in [7, 11) is 0. The average molecular weight is 389 g/mol. The lowest BCUT2D eigenvalue weighted by Gasteiger charge is -2.11. The number of benzene rings is 2. The molecule has 2 rings (SSSR count). The smallest absolute Gasteiger partial charge is 0.336 e. The molecule has 6 nitrogen and oxygen atoms in total. The Kier molecular flexibility index (Phi) is 6.96. The highest BCUT2D eigenvalue weighted by atomic mass is 35.5. The van der Waals surface area contributed by atoms with E-state index in [2.05, 4.69) is 10.6 Å². The molecule has 0 heterocycles. The number of amides is 2. The quantitative estimate of drug-likeness (QED) is 0.628. The molecule has 0 atom stereocenters. The maximum absolute atomic E-state index is 12.1. The zero-order chi connectivity index (χ0) is 20.0. The first-order chi connectivity index (χ1) is 12.8. The second-order valence-corrected chi connectivity index (χ2v) is 6.64. The number of rotatable bonds is 7. The predicted octanol–water partition coefficient (Wildman–Crippen LogP) is 3.80. The van der Waals surface area contributed by atoms with Crippen molar-refractivity contribution in [1.82, 2.24) is 5.32 Å². The molecule has 2 amide bonds. The lowest BCUT2D eigenvalue weighted by atomic mass is 10.0. The van der Waals surface area contributed by atoms with E-state index in [9.17, 15) is 19.5 Å². The third-order valence-corrected chi connectivity index (χ3v) is 4.30. The molecule has 3 N–H and O–H groups in total. The summed E-state index contributed by atoms with van der Waals surface area (Å²) in [6.07, 6.45) is 0.665. The molecule has 0 aliphatic heterocycles. The standard InChI is InChI=1S/C20H21ClN2O4/c1-12-10-13(2)17(11-16(12)20(26)27)23-18(24)4-3-9-22-19(25)14-5-7-15(21)8-6-14/h5-8,10-11H,3-4,9H2,1-2H3,(H,22,25)(H,23,24)(H,26,27). The molecule has 0 bridgehead atoms. The number of carbonyl (C=O) groups excluding carboxylic acids is 2. The van der Waals surface area contributed by atoms with Crippen LogP contribution in [0, 0.1) is 13.8 Å². The summed E-state index contributed by atoms with van der Waals surface area (Å²) in [5.41, 5.74) is 2.57. The number of aryl methyl sites for hydroxylation is 2. The second-order valence-electron chi connectivity index (χ2n) is 6.20. The summed E-state index contributed by atoms with van der Waals surface area (Å²) in [6.45, 7) is 3.87. The molecule has 7 heteroatoms. The van der Waals surface area contributed by atoms with Gasteiger partial charge in [-0.3, -0.25) is 9.59 Å². The molecule has 2 aromatic carbocycles. The Hall–Kier alpha value is -2.86.